The molecule has 0 aliphatic carbocycles. The summed E-state index contributed by atoms with van der Waals surface area (Å²) in [5, 5.41) is 2.71. The number of hydrogen-bond acceptors (Lipinski definition) is 6. The average Bonchev–Trinajstić information content (AvgIpc) is 3.44. The zero-order chi connectivity index (χ0) is 20.8. The molecule has 0 atom stereocenters. The van der Waals surface area contributed by atoms with Crippen LogP contribution in [0.2, 0.25) is 0 Å². The lowest BCUT2D eigenvalue weighted by atomic mass is 10.2. The predicted octanol–water partition coefficient (Wildman–Crippen LogP) is 3.47. The molecule has 7 nitrogen and oxygen atoms in total. The van der Waals surface area contributed by atoms with Crippen LogP contribution >= 0.6 is 0 Å². The molecular formula is C23H21NO6. The number of amides is 1. The quantitative estimate of drug-likeness (QED) is 0.576. The molecule has 0 saturated heterocycles. The molecule has 0 radical (unpaired) electrons. The van der Waals surface area contributed by atoms with E-state index in [-0.39, 0.29) is 25.7 Å². The lowest BCUT2D eigenvalue weighted by molar-refractivity contribution is -0.148. The number of carbonyl (C=O) groups excluding carboxylic acids is 2. The number of nitrogens with one attached hydrogen (secondary N) is 1. The topological polar surface area (TPSA) is 87.0 Å². The molecule has 1 aromatic heterocycles. The van der Waals surface area contributed by atoms with Crippen molar-refractivity contribution < 1.29 is 28.2 Å². The second kappa shape index (κ2) is 9.17. The van der Waals surface area contributed by atoms with E-state index < -0.39 is 5.97 Å². The van der Waals surface area contributed by atoms with Crippen LogP contribution in [0.15, 0.2) is 65.1 Å². The first-order valence-corrected chi connectivity index (χ1v) is 9.62. The first-order chi connectivity index (χ1) is 14.7. The van der Waals surface area contributed by atoms with Crippen molar-refractivity contribution in [3.05, 3.63) is 72.0 Å². The van der Waals surface area contributed by atoms with Crippen LogP contribution in [-0.4, -0.2) is 25.3 Å². The van der Waals surface area contributed by atoms with Gasteiger partial charge in [0.15, 0.2) is 18.1 Å². The molecule has 4 rings (SSSR count). The maximum atomic E-state index is 11.9. The van der Waals surface area contributed by atoms with E-state index in [4.69, 9.17) is 18.6 Å². The minimum absolute atomic E-state index is 0.136. The van der Waals surface area contributed by atoms with Gasteiger partial charge in [0.25, 0.3) is 5.91 Å². The Kier molecular flexibility index (Phi) is 5.98. The summed E-state index contributed by atoms with van der Waals surface area (Å²) < 4.78 is 21.4. The van der Waals surface area contributed by atoms with Gasteiger partial charge in [-0.1, -0.05) is 36.4 Å². The van der Waals surface area contributed by atoms with E-state index in [1.54, 1.807) is 6.07 Å². The fourth-order valence-corrected chi connectivity index (χ4v) is 3.02. The van der Waals surface area contributed by atoms with Crippen molar-refractivity contribution >= 4 is 11.9 Å². The Balaban J connectivity index is 1.17. The van der Waals surface area contributed by atoms with Gasteiger partial charge < -0.3 is 23.9 Å². The van der Waals surface area contributed by atoms with Crippen molar-refractivity contribution in [2.24, 2.45) is 0 Å². The summed E-state index contributed by atoms with van der Waals surface area (Å²) in [7, 11) is 0. The van der Waals surface area contributed by atoms with Crippen molar-refractivity contribution in [2.75, 3.05) is 13.4 Å². The van der Waals surface area contributed by atoms with Gasteiger partial charge in [0.1, 0.15) is 11.5 Å². The second-order valence-corrected chi connectivity index (χ2v) is 6.76. The van der Waals surface area contributed by atoms with Crippen LogP contribution in [0, 0.1) is 0 Å². The van der Waals surface area contributed by atoms with Crippen molar-refractivity contribution in [3.8, 4) is 22.8 Å². The molecule has 0 unspecified atom stereocenters. The van der Waals surface area contributed by atoms with E-state index in [2.05, 4.69) is 5.32 Å². The van der Waals surface area contributed by atoms with Gasteiger partial charge in [0, 0.05) is 18.5 Å². The molecular weight excluding hydrogens is 386 g/mol. The molecule has 1 amide bonds. The number of hydrogen-bond donors (Lipinski definition) is 1. The van der Waals surface area contributed by atoms with Crippen LogP contribution in [0.25, 0.3) is 11.3 Å². The van der Waals surface area contributed by atoms with Gasteiger partial charge in [-0.3, -0.25) is 9.59 Å². The Morgan fingerprint density at radius 1 is 0.967 bits per heavy atom. The second-order valence-electron chi connectivity index (χ2n) is 6.76. The van der Waals surface area contributed by atoms with Gasteiger partial charge >= 0.3 is 5.97 Å². The first-order valence-electron chi connectivity index (χ1n) is 9.62. The van der Waals surface area contributed by atoms with Gasteiger partial charge in [0.05, 0.1) is 6.42 Å². The number of esters is 1. The van der Waals surface area contributed by atoms with E-state index in [1.165, 1.54) is 0 Å². The average molecular weight is 407 g/mol. The normalized spacial score (nSPS) is 11.9. The molecule has 0 spiro atoms. The smallest absolute Gasteiger partial charge is 0.306 e. The Bertz CT molecular complexity index is 1030. The maximum Gasteiger partial charge on any atom is 0.306 e. The van der Waals surface area contributed by atoms with Gasteiger partial charge in [-0.25, -0.2) is 0 Å². The third-order valence-electron chi connectivity index (χ3n) is 4.59. The predicted molar refractivity (Wildman–Crippen MR) is 108 cm³/mol. The molecule has 1 aliphatic rings. The maximum absolute atomic E-state index is 11.9. The van der Waals surface area contributed by atoms with E-state index in [0.29, 0.717) is 30.2 Å². The van der Waals surface area contributed by atoms with Crippen LogP contribution in [0.4, 0.5) is 0 Å². The SMILES string of the molecule is O=C(COC(=O)CCc1ccc(-c2ccccc2)o1)NCc1ccc2c(c1)OCO2. The standard InChI is InChI=1S/C23H21NO6/c25-22(24-13-16-6-9-20-21(12-16)29-15-28-20)14-27-23(26)11-8-18-7-10-19(30-18)17-4-2-1-3-5-17/h1-7,9-10,12H,8,11,13-15H2,(H,24,25). The third-order valence-corrected chi connectivity index (χ3v) is 4.59. The largest absolute Gasteiger partial charge is 0.461 e. The van der Waals surface area contributed by atoms with Crippen LogP contribution in [0.5, 0.6) is 11.5 Å². The van der Waals surface area contributed by atoms with E-state index in [0.717, 1.165) is 16.9 Å². The Labute approximate surface area is 173 Å². The van der Waals surface area contributed by atoms with Crippen LogP contribution in [0.3, 0.4) is 0 Å². The number of ether oxygens (including phenoxy) is 3. The summed E-state index contributed by atoms with van der Waals surface area (Å²) in [6.45, 7) is 0.186. The third kappa shape index (κ3) is 5.00. The summed E-state index contributed by atoms with van der Waals surface area (Å²) >= 11 is 0. The lowest BCUT2D eigenvalue weighted by Gasteiger charge is -2.07. The van der Waals surface area contributed by atoms with Gasteiger partial charge in [-0.15, -0.1) is 0 Å². The van der Waals surface area contributed by atoms with Crippen molar-refractivity contribution in [1.29, 1.82) is 0 Å². The molecule has 30 heavy (non-hydrogen) atoms. The van der Waals surface area contributed by atoms with Crippen LogP contribution in [0.1, 0.15) is 17.7 Å². The number of rotatable bonds is 8. The summed E-state index contributed by atoms with van der Waals surface area (Å²) in [5.74, 6) is 1.96. The molecule has 0 saturated carbocycles. The fourth-order valence-electron chi connectivity index (χ4n) is 3.02. The van der Waals surface area contributed by atoms with Gasteiger partial charge in [0.2, 0.25) is 6.79 Å². The molecule has 0 fully saturated rings. The highest BCUT2D eigenvalue weighted by Crippen LogP contribution is 2.32. The molecule has 3 aromatic rings. The van der Waals surface area contributed by atoms with E-state index >= 15 is 0 Å². The fraction of sp³-hybridized carbons (Fsp3) is 0.217. The van der Waals surface area contributed by atoms with Crippen molar-refractivity contribution in [3.63, 3.8) is 0 Å². The van der Waals surface area contributed by atoms with E-state index in [9.17, 15) is 9.59 Å². The molecule has 154 valence electrons. The van der Waals surface area contributed by atoms with Gasteiger partial charge in [-0.2, -0.15) is 0 Å². The Morgan fingerprint density at radius 3 is 2.67 bits per heavy atom. The monoisotopic (exact) mass is 407 g/mol. The molecule has 0 bridgehead atoms. The number of furan rings is 1. The minimum Gasteiger partial charge on any atom is -0.461 e. The summed E-state index contributed by atoms with van der Waals surface area (Å²) in [6.07, 6.45) is 0.543. The highest BCUT2D eigenvalue weighted by Gasteiger charge is 2.14. The number of benzene rings is 2. The summed E-state index contributed by atoms with van der Waals surface area (Å²) in [5.41, 5.74) is 1.84. The molecule has 7 heteroatoms. The number of carbonyl (C=O) groups is 2. The van der Waals surface area contributed by atoms with Crippen molar-refractivity contribution in [1.82, 2.24) is 5.32 Å². The summed E-state index contributed by atoms with van der Waals surface area (Å²) in [4.78, 5) is 23.9. The summed E-state index contributed by atoms with van der Waals surface area (Å²) in [6, 6.07) is 18.9. The van der Waals surface area contributed by atoms with Gasteiger partial charge in [-0.05, 0) is 29.8 Å². The molecule has 1 aliphatic heterocycles. The molecule has 2 heterocycles. The number of fused-ring (bicyclic) bond motifs is 1. The highest BCUT2D eigenvalue weighted by molar-refractivity contribution is 5.80. The zero-order valence-corrected chi connectivity index (χ0v) is 16.3. The first kappa shape index (κ1) is 19.6. The molecule has 2 aromatic carbocycles. The lowest BCUT2D eigenvalue weighted by Crippen LogP contribution is -2.28. The van der Waals surface area contributed by atoms with E-state index in [1.807, 2.05) is 54.6 Å². The molecule has 1 N–H and O–H groups in total. The van der Waals surface area contributed by atoms with Crippen molar-refractivity contribution in [2.45, 2.75) is 19.4 Å². The number of aryl methyl sites for hydroxylation is 1. The van der Waals surface area contributed by atoms with Crippen LogP contribution < -0.4 is 14.8 Å². The Morgan fingerprint density at radius 2 is 1.80 bits per heavy atom. The minimum atomic E-state index is -0.453. The zero-order valence-electron chi connectivity index (χ0n) is 16.3. The van der Waals surface area contributed by atoms with Crippen LogP contribution in [-0.2, 0) is 27.3 Å². The Hall–Kier alpha value is -3.74. The highest BCUT2D eigenvalue weighted by atomic mass is 16.7.